The first kappa shape index (κ1) is 17.4. The van der Waals surface area contributed by atoms with Crippen molar-refractivity contribution in [3.05, 3.63) is 6.33 Å². The highest BCUT2D eigenvalue weighted by atomic mass is 32.2. The van der Waals surface area contributed by atoms with E-state index in [1.54, 1.807) is 7.05 Å². The molecular formula is C14H21N9OS. The Kier molecular flexibility index (Phi) is 5.64. The number of hydrogen-bond donors (Lipinski definition) is 2. The van der Waals surface area contributed by atoms with Crippen LogP contribution in [-0.2, 0) is 4.79 Å². The van der Waals surface area contributed by atoms with E-state index in [4.69, 9.17) is 5.73 Å². The van der Waals surface area contributed by atoms with Gasteiger partial charge in [0.05, 0.1) is 5.75 Å². The molecule has 3 rings (SSSR count). The summed E-state index contributed by atoms with van der Waals surface area (Å²) in [4.78, 5) is 30.6. The first-order valence-corrected chi connectivity index (χ1v) is 9.16. The Hall–Kier alpha value is -2.43. The van der Waals surface area contributed by atoms with Crippen molar-refractivity contribution in [1.82, 2.24) is 29.7 Å². The SMILES string of the molecule is CNc1nc(N2CCCCCC2)nc(-n2cnc(SCC(N)=O)n2)n1. The number of thioether (sulfide) groups is 1. The van der Waals surface area contributed by atoms with Gasteiger partial charge in [0, 0.05) is 20.1 Å². The Labute approximate surface area is 149 Å². The Morgan fingerprint density at radius 1 is 1.20 bits per heavy atom. The van der Waals surface area contributed by atoms with Gasteiger partial charge in [-0.15, -0.1) is 5.10 Å². The minimum absolute atomic E-state index is 0.127. The van der Waals surface area contributed by atoms with E-state index in [9.17, 15) is 4.79 Å². The number of carbonyl (C=O) groups is 1. The van der Waals surface area contributed by atoms with Crippen LogP contribution in [0.4, 0.5) is 11.9 Å². The number of nitrogens with zero attached hydrogens (tertiary/aromatic N) is 7. The molecule has 3 N–H and O–H groups in total. The predicted octanol–water partition coefficient (Wildman–Crippen LogP) is 0.452. The van der Waals surface area contributed by atoms with Crippen molar-refractivity contribution in [1.29, 1.82) is 0 Å². The summed E-state index contributed by atoms with van der Waals surface area (Å²) in [5.41, 5.74) is 5.14. The Morgan fingerprint density at radius 3 is 2.60 bits per heavy atom. The van der Waals surface area contributed by atoms with Crippen LogP contribution in [0.15, 0.2) is 11.5 Å². The molecule has 0 aromatic carbocycles. The maximum atomic E-state index is 10.9. The van der Waals surface area contributed by atoms with Crippen LogP contribution in [0.5, 0.6) is 0 Å². The largest absolute Gasteiger partial charge is 0.369 e. The van der Waals surface area contributed by atoms with Gasteiger partial charge in [-0.25, -0.2) is 4.98 Å². The smallest absolute Gasteiger partial charge is 0.258 e. The van der Waals surface area contributed by atoms with E-state index in [0.29, 0.717) is 23.0 Å². The van der Waals surface area contributed by atoms with E-state index in [1.807, 2.05) is 0 Å². The molecule has 1 saturated heterocycles. The molecule has 134 valence electrons. The van der Waals surface area contributed by atoms with Gasteiger partial charge in [0.1, 0.15) is 6.33 Å². The molecule has 0 aliphatic carbocycles. The lowest BCUT2D eigenvalue weighted by atomic mass is 10.2. The van der Waals surface area contributed by atoms with Gasteiger partial charge >= 0.3 is 0 Å². The second-order valence-corrected chi connectivity index (χ2v) is 6.58. The summed E-state index contributed by atoms with van der Waals surface area (Å²) < 4.78 is 1.48. The predicted molar refractivity (Wildman–Crippen MR) is 94.9 cm³/mol. The minimum atomic E-state index is -0.414. The zero-order valence-electron chi connectivity index (χ0n) is 14.1. The van der Waals surface area contributed by atoms with Gasteiger partial charge in [-0.05, 0) is 12.8 Å². The number of nitrogens with two attached hydrogens (primary N) is 1. The third-order valence-electron chi connectivity index (χ3n) is 3.74. The quantitative estimate of drug-likeness (QED) is 0.703. The molecule has 2 aromatic rings. The first-order chi connectivity index (χ1) is 12.2. The summed E-state index contributed by atoms with van der Waals surface area (Å²) in [6, 6.07) is 0. The molecule has 1 amide bonds. The van der Waals surface area contributed by atoms with Crippen molar-refractivity contribution in [2.45, 2.75) is 30.8 Å². The van der Waals surface area contributed by atoms with Gasteiger partial charge in [-0.2, -0.15) is 19.6 Å². The molecule has 2 aromatic heterocycles. The van der Waals surface area contributed by atoms with Crippen LogP contribution in [0, 0.1) is 0 Å². The molecular weight excluding hydrogens is 342 g/mol. The molecule has 0 unspecified atom stereocenters. The number of carbonyl (C=O) groups excluding carboxylic acids is 1. The topological polar surface area (TPSA) is 128 Å². The second kappa shape index (κ2) is 8.10. The van der Waals surface area contributed by atoms with E-state index in [-0.39, 0.29) is 5.75 Å². The van der Waals surface area contributed by atoms with Crippen molar-refractivity contribution in [3.63, 3.8) is 0 Å². The van der Waals surface area contributed by atoms with Crippen LogP contribution in [0.2, 0.25) is 0 Å². The van der Waals surface area contributed by atoms with Crippen LogP contribution in [0.25, 0.3) is 5.95 Å². The average Bonchev–Trinajstić information content (AvgIpc) is 2.93. The maximum Gasteiger partial charge on any atom is 0.258 e. The number of primary amides is 1. The lowest BCUT2D eigenvalue weighted by Crippen LogP contribution is -2.27. The Balaban J connectivity index is 1.85. The zero-order chi connectivity index (χ0) is 17.6. The molecule has 0 bridgehead atoms. The number of nitrogens with one attached hydrogen (secondary N) is 1. The number of hydrogen-bond acceptors (Lipinski definition) is 9. The second-order valence-electron chi connectivity index (χ2n) is 5.64. The molecule has 3 heterocycles. The fourth-order valence-corrected chi connectivity index (χ4v) is 3.07. The highest BCUT2D eigenvalue weighted by molar-refractivity contribution is 7.99. The van der Waals surface area contributed by atoms with Crippen LogP contribution in [0.1, 0.15) is 25.7 Å². The van der Waals surface area contributed by atoms with Crippen LogP contribution >= 0.6 is 11.8 Å². The molecule has 0 saturated carbocycles. The van der Waals surface area contributed by atoms with Gasteiger partial charge in [0.25, 0.3) is 5.95 Å². The third-order valence-corrected chi connectivity index (χ3v) is 4.62. The molecule has 0 spiro atoms. The Morgan fingerprint density at radius 2 is 1.92 bits per heavy atom. The number of rotatable bonds is 6. The van der Waals surface area contributed by atoms with Gasteiger partial charge in [0.2, 0.25) is 23.0 Å². The summed E-state index contributed by atoms with van der Waals surface area (Å²) in [5.74, 6) is 1.21. The van der Waals surface area contributed by atoms with E-state index < -0.39 is 5.91 Å². The first-order valence-electron chi connectivity index (χ1n) is 8.17. The highest BCUT2D eigenvalue weighted by Crippen LogP contribution is 2.18. The Bertz CT molecular complexity index is 727. The molecule has 11 heteroatoms. The maximum absolute atomic E-state index is 10.9. The molecule has 1 fully saturated rings. The van der Waals surface area contributed by atoms with E-state index >= 15 is 0 Å². The zero-order valence-corrected chi connectivity index (χ0v) is 14.9. The minimum Gasteiger partial charge on any atom is -0.369 e. The molecule has 25 heavy (non-hydrogen) atoms. The van der Waals surface area contributed by atoms with Crippen LogP contribution in [0.3, 0.4) is 0 Å². The molecule has 1 aliphatic rings. The van der Waals surface area contributed by atoms with E-state index in [1.165, 1.54) is 35.6 Å². The molecule has 0 atom stereocenters. The van der Waals surface area contributed by atoms with Crippen molar-refractivity contribution < 1.29 is 4.79 Å². The number of aromatic nitrogens is 6. The van der Waals surface area contributed by atoms with E-state index in [2.05, 4.69) is 35.3 Å². The summed E-state index contributed by atoms with van der Waals surface area (Å²) in [6.45, 7) is 1.87. The van der Waals surface area contributed by atoms with Gasteiger partial charge in [-0.1, -0.05) is 24.6 Å². The lowest BCUT2D eigenvalue weighted by Gasteiger charge is -2.20. The summed E-state index contributed by atoms with van der Waals surface area (Å²) >= 11 is 1.17. The van der Waals surface area contributed by atoms with Crippen molar-refractivity contribution in [2.24, 2.45) is 5.73 Å². The number of amides is 1. The van der Waals surface area contributed by atoms with Crippen molar-refractivity contribution in [3.8, 4) is 5.95 Å². The normalized spacial score (nSPS) is 15.0. The van der Waals surface area contributed by atoms with Crippen molar-refractivity contribution in [2.75, 3.05) is 36.1 Å². The fraction of sp³-hybridized carbons (Fsp3) is 0.571. The monoisotopic (exact) mass is 363 g/mol. The average molecular weight is 363 g/mol. The van der Waals surface area contributed by atoms with Gasteiger partial charge in [0.15, 0.2) is 0 Å². The molecule has 10 nitrogen and oxygen atoms in total. The highest BCUT2D eigenvalue weighted by Gasteiger charge is 2.17. The molecule has 0 radical (unpaired) electrons. The summed E-state index contributed by atoms with van der Waals surface area (Å²) in [6.07, 6.45) is 6.25. The van der Waals surface area contributed by atoms with Crippen LogP contribution in [-0.4, -0.2) is 61.5 Å². The molecule has 1 aliphatic heterocycles. The third kappa shape index (κ3) is 4.56. The fourth-order valence-electron chi connectivity index (χ4n) is 2.53. The lowest BCUT2D eigenvalue weighted by molar-refractivity contribution is -0.115. The number of anilines is 2. The summed E-state index contributed by atoms with van der Waals surface area (Å²) in [5, 5.41) is 7.70. The van der Waals surface area contributed by atoms with Crippen LogP contribution < -0.4 is 16.0 Å². The summed E-state index contributed by atoms with van der Waals surface area (Å²) in [7, 11) is 1.76. The van der Waals surface area contributed by atoms with Gasteiger partial charge in [-0.3, -0.25) is 4.79 Å². The van der Waals surface area contributed by atoms with E-state index in [0.717, 1.165) is 25.9 Å². The standard InChI is InChI=1S/C14H21N9OS/c1-16-11-18-12(22-6-4-2-3-5-7-22)20-13(19-11)23-9-17-14(21-23)25-8-10(15)24/h9H,2-8H2,1H3,(H2,15,24)(H,16,18,19,20). The van der Waals surface area contributed by atoms with Gasteiger partial charge < -0.3 is 16.0 Å². The van der Waals surface area contributed by atoms with Crippen molar-refractivity contribution >= 4 is 29.6 Å².